The lowest BCUT2D eigenvalue weighted by Gasteiger charge is -2.21. The maximum absolute atomic E-state index is 12.3. The van der Waals surface area contributed by atoms with E-state index in [1.165, 1.54) is 11.3 Å². The summed E-state index contributed by atoms with van der Waals surface area (Å²) in [5.41, 5.74) is 0. The van der Waals surface area contributed by atoms with Crippen LogP contribution >= 0.6 is 22.7 Å². The van der Waals surface area contributed by atoms with E-state index in [2.05, 4.69) is 36.3 Å². The summed E-state index contributed by atoms with van der Waals surface area (Å²) in [6.45, 7) is 3.99. The molecule has 2 fully saturated rings. The number of hydrogen-bond acceptors (Lipinski definition) is 10. The third-order valence-corrected chi connectivity index (χ3v) is 8.27. The first kappa shape index (κ1) is 25.3. The van der Waals surface area contributed by atoms with Crippen molar-refractivity contribution >= 4 is 39.5 Å². The molecule has 186 valence electrons. The quantitative estimate of drug-likeness (QED) is 0.377. The van der Waals surface area contributed by atoms with Gasteiger partial charge in [0.2, 0.25) is 11.0 Å². The monoisotopic (exact) mass is 505 g/mol. The van der Waals surface area contributed by atoms with Crippen LogP contribution in [-0.2, 0) is 28.9 Å². The lowest BCUT2D eigenvalue weighted by atomic mass is 9.93. The number of nitrogens with one attached hydrogen (secondary N) is 3. The summed E-state index contributed by atoms with van der Waals surface area (Å²) >= 11 is 3.02. The molecule has 2 unspecified atom stereocenters. The molecule has 34 heavy (non-hydrogen) atoms. The highest BCUT2D eigenvalue weighted by molar-refractivity contribution is 7.15. The summed E-state index contributed by atoms with van der Waals surface area (Å²) in [5.74, 6) is 1.18. The standard InChI is InChI=1S/C23H35N7O2S2/c31-18(11-16-5-3-9-24-14-16)13-22-29-27-20(33-22)7-1-2-8-21-28-30-23(34-21)26-19(32)12-17-6-4-10-25-15-17/h16-17,24-25H,1-15H2,(H,26,30,32). The van der Waals surface area contributed by atoms with Crippen LogP contribution in [0.2, 0.25) is 0 Å². The lowest BCUT2D eigenvalue weighted by Crippen LogP contribution is -2.32. The molecule has 11 heteroatoms. The molecule has 3 N–H and O–H groups in total. The molecule has 0 aromatic carbocycles. The molecule has 0 bridgehead atoms. The Morgan fingerprint density at radius 3 is 2.12 bits per heavy atom. The van der Waals surface area contributed by atoms with Gasteiger partial charge in [0, 0.05) is 25.7 Å². The SMILES string of the molecule is O=C(Cc1nnc(CCCCc2nnc(NC(=O)CC3CCCNC3)s2)s1)CC1CCCNC1. The topological polar surface area (TPSA) is 122 Å². The van der Waals surface area contributed by atoms with Crippen LogP contribution in [0.25, 0.3) is 0 Å². The second-order valence-electron chi connectivity index (χ2n) is 9.39. The number of Topliss-reactive ketones (excluding diaryl/α,β-unsaturated/α-hetero) is 1. The van der Waals surface area contributed by atoms with Crippen molar-refractivity contribution < 1.29 is 9.59 Å². The van der Waals surface area contributed by atoms with E-state index >= 15 is 0 Å². The van der Waals surface area contributed by atoms with Gasteiger partial charge in [-0.3, -0.25) is 9.59 Å². The number of piperidine rings is 2. The van der Waals surface area contributed by atoms with E-state index in [4.69, 9.17) is 0 Å². The summed E-state index contributed by atoms with van der Waals surface area (Å²) < 4.78 is 0. The summed E-state index contributed by atoms with van der Waals surface area (Å²) in [6, 6.07) is 0. The Labute approximate surface area is 208 Å². The van der Waals surface area contributed by atoms with Crippen molar-refractivity contribution in [3.05, 3.63) is 15.0 Å². The number of carbonyl (C=O) groups is 2. The second kappa shape index (κ2) is 13.3. The van der Waals surface area contributed by atoms with Crippen molar-refractivity contribution in [3.63, 3.8) is 0 Å². The highest BCUT2D eigenvalue weighted by Gasteiger charge is 2.19. The number of ketones is 1. The largest absolute Gasteiger partial charge is 0.316 e. The minimum atomic E-state index is 0.0253. The van der Waals surface area contributed by atoms with Gasteiger partial charge in [0.05, 0.1) is 6.42 Å². The smallest absolute Gasteiger partial charge is 0.226 e. The van der Waals surface area contributed by atoms with Crippen LogP contribution in [0.15, 0.2) is 0 Å². The molecule has 2 aliphatic heterocycles. The number of nitrogens with zero attached hydrogens (tertiary/aromatic N) is 4. The van der Waals surface area contributed by atoms with E-state index in [0.717, 1.165) is 92.6 Å². The van der Waals surface area contributed by atoms with Gasteiger partial charge < -0.3 is 16.0 Å². The number of amides is 1. The molecule has 0 spiro atoms. The summed E-state index contributed by atoms with van der Waals surface area (Å²) in [7, 11) is 0. The molecule has 9 nitrogen and oxygen atoms in total. The van der Waals surface area contributed by atoms with Gasteiger partial charge in [-0.25, -0.2) is 0 Å². The third kappa shape index (κ3) is 8.44. The zero-order valence-corrected chi connectivity index (χ0v) is 21.3. The van der Waals surface area contributed by atoms with Crippen molar-refractivity contribution in [2.75, 3.05) is 31.5 Å². The molecule has 4 rings (SSSR count). The highest BCUT2D eigenvalue weighted by Crippen LogP contribution is 2.21. The van der Waals surface area contributed by atoms with E-state index in [-0.39, 0.29) is 11.7 Å². The third-order valence-electron chi connectivity index (χ3n) is 6.39. The number of aromatic nitrogens is 4. The molecule has 0 aliphatic carbocycles. The molecule has 2 aromatic heterocycles. The number of unbranched alkanes of at least 4 members (excludes halogenated alkanes) is 1. The fourth-order valence-corrected chi connectivity index (χ4v) is 6.32. The molecular weight excluding hydrogens is 470 g/mol. The van der Waals surface area contributed by atoms with E-state index in [1.807, 2.05) is 0 Å². The maximum Gasteiger partial charge on any atom is 0.226 e. The molecular formula is C23H35N7O2S2. The van der Waals surface area contributed by atoms with Crippen LogP contribution in [0, 0.1) is 11.8 Å². The summed E-state index contributed by atoms with van der Waals surface area (Å²) in [6.07, 6.45) is 9.76. The van der Waals surface area contributed by atoms with E-state index < -0.39 is 0 Å². The molecule has 1 amide bonds. The first-order valence-electron chi connectivity index (χ1n) is 12.5. The number of carbonyl (C=O) groups excluding carboxylic acids is 2. The van der Waals surface area contributed by atoms with Gasteiger partial charge in [-0.1, -0.05) is 11.3 Å². The van der Waals surface area contributed by atoms with Crippen molar-refractivity contribution in [1.82, 2.24) is 31.0 Å². The number of rotatable bonds is 12. The summed E-state index contributed by atoms with van der Waals surface area (Å²) in [5, 5.41) is 29.8. The van der Waals surface area contributed by atoms with E-state index in [1.54, 1.807) is 11.3 Å². The average Bonchev–Trinajstić information content (AvgIpc) is 3.47. The minimum Gasteiger partial charge on any atom is -0.316 e. The predicted octanol–water partition coefficient (Wildman–Crippen LogP) is 2.78. The van der Waals surface area contributed by atoms with Crippen LogP contribution in [-0.4, -0.2) is 58.3 Å². The maximum atomic E-state index is 12.3. The Balaban J connectivity index is 1.11. The van der Waals surface area contributed by atoms with Gasteiger partial charge in [-0.05, 0) is 76.5 Å². The van der Waals surface area contributed by atoms with Crippen molar-refractivity contribution in [3.8, 4) is 0 Å². The van der Waals surface area contributed by atoms with Crippen LogP contribution in [0.4, 0.5) is 5.13 Å². The predicted molar refractivity (Wildman–Crippen MR) is 134 cm³/mol. The van der Waals surface area contributed by atoms with Crippen LogP contribution in [0.3, 0.4) is 0 Å². The van der Waals surface area contributed by atoms with Crippen molar-refractivity contribution in [1.29, 1.82) is 0 Å². The first-order valence-corrected chi connectivity index (χ1v) is 14.1. The molecule has 2 aliphatic rings. The normalized spacial score (nSPS) is 20.8. The molecule has 2 saturated heterocycles. The van der Waals surface area contributed by atoms with Gasteiger partial charge in [-0.2, -0.15) is 0 Å². The molecule has 4 heterocycles. The fourth-order valence-electron chi connectivity index (χ4n) is 4.61. The molecule has 2 atom stereocenters. The second-order valence-corrected chi connectivity index (χ2v) is 11.6. The zero-order valence-electron chi connectivity index (χ0n) is 19.7. The average molecular weight is 506 g/mol. The lowest BCUT2D eigenvalue weighted by molar-refractivity contribution is -0.119. The van der Waals surface area contributed by atoms with E-state index in [0.29, 0.717) is 36.2 Å². The van der Waals surface area contributed by atoms with Gasteiger partial charge in [-0.15, -0.1) is 31.7 Å². The van der Waals surface area contributed by atoms with Crippen LogP contribution < -0.4 is 16.0 Å². The minimum absolute atomic E-state index is 0.0253. The Kier molecular flexibility index (Phi) is 9.90. The van der Waals surface area contributed by atoms with Gasteiger partial charge in [0.25, 0.3) is 0 Å². The van der Waals surface area contributed by atoms with Gasteiger partial charge in [0.1, 0.15) is 20.8 Å². The Bertz CT molecular complexity index is 846. The van der Waals surface area contributed by atoms with Crippen LogP contribution in [0.1, 0.15) is 66.4 Å². The van der Waals surface area contributed by atoms with Gasteiger partial charge >= 0.3 is 0 Å². The molecule has 2 aromatic rings. The highest BCUT2D eigenvalue weighted by atomic mass is 32.1. The molecule has 0 radical (unpaired) electrons. The number of aryl methyl sites for hydroxylation is 2. The first-order chi connectivity index (χ1) is 16.6. The van der Waals surface area contributed by atoms with Crippen LogP contribution in [0.5, 0.6) is 0 Å². The van der Waals surface area contributed by atoms with E-state index in [9.17, 15) is 9.59 Å². The fraction of sp³-hybridized carbons (Fsp3) is 0.739. The Hall–Kier alpha value is -1.82. The van der Waals surface area contributed by atoms with Gasteiger partial charge in [0.15, 0.2) is 0 Å². The molecule has 0 saturated carbocycles. The Morgan fingerprint density at radius 2 is 1.44 bits per heavy atom. The van der Waals surface area contributed by atoms with Crippen molar-refractivity contribution in [2.45, 2.75) is 70.6 Å². The Morgan fingerprint density at radius 1 is 0.824 bits per heavy atom. The summed E-state index contributed by atoms with van der Waals surface area (Å²) in [4.78, 5) is 24.6. The number of hydrogen-bond donors (Lipinski definition) is 3. The zero-order chi connectivity index (χ0) is 23.6. The van der Waals surface area contributed by atoms with Crippen molar-refractivity contribution in [2.24, 2.45) is 11.8 Å². The number of anilines is 1.